The second kappa shape index (κ2) is 8.93. The van der Waals surface area contributed by atoms with Gasteiger partial charge in [-0.3, -0.25) is 4.79 Å². The van der Waals surface area contributed by atoms with Crippen LogP contribution in [-0.4, -0.2) is 43.8 Å². The van der Waals surface area contributed by atoms with Crippen molar-refractivity contribution in [3.05, 3.63) is 0 Å². The summed E-state index contributed by atoms with van der Waals surface area (Å²) in [7, 11) is 1.77. The fourth-order valence-electron chi connectivity index (χ4n) is 1.05. The molecule has 14 heavy (non-hydrogen) atoms. The molecule has 1 unspecified atom stereocenters. The van der Waals surface area contributed by atoms with Gasteiger partial charge in [-0.25, -0.2) is 0 Å². The molecule has 0 aromatic heterocycles. The van der Waals surface area contributed by atoms with Crippen molar-refractivity contribution in [3.8, 4) is 0 Å². The zero-order valence-electron chi connectivity index (χ0n) is 8.75. The zero-order valence-corrected chi connectivity index (χ0v) is 8.75. The molecule has 0 aliphatic rings. The number of likely N-dealkylation sites (N-methyl/N-ethyl adjacent to an activating group) is 1. The Kier molecular flexibility index (Phi) is 8.51. The van der Waals surface area contributed by atoms with Gasteiger partial charge in [0.25, 0.3) is 0 Å². The lowest BCUT2D eigenvalue weighted by Gasteiger charge is -2.12. The first kappa shape index (κ1) is 13.4. The first-order chi connectivity index (χ1) is 6.74. The molecule has 0 aliphatic heterocycles. The predicted molar refractivity (Wildman–Crippen MR) is 55.8 cm³/mol. The van der Waals surface area contributed by atoms with E-state index in [0.717, 1.165) is 6.42 Å². The summed E-state index contributed by atoms with van der Waals surface area (Å²) in [4.78, 5) is 11.2. The predicted octanol–water partition coefficient (Wildman–Crippen LogP) is -1.19. The molecule has 0 heterocycles. The smallest absolute Gasteiger partial charge is 0.220 e. The Hall–Kier alpha value is -0.650. The summed E-state index contributed by atoms with van der Waals surface area (Å²) in [5.41, 5.74) is 5.29. The third kappa shape index (κ3) is 6.82. The Morgan fingerprint density at radius 1 is 1.57 bits per heavy atom. The number of hydrogen-bond acceptors (Lipinski definition) is 4. The fraction of sp³-hybridized carbons (Fsp3) is 0.889. The minimum Gasteiger partial charge on any atom is -0.395 e. The van der Waals surface area contributed by atoms with Crippen LogP contribution in [0.15, 0.2) is 0 Å². The standard InChI is InChI=1S/C9H21N3O2/c1-11-8(7-13)3-4-9(14)12-6-2-5-10/h8,11,13H,2-7,10H2,1H3,(H,12,14). The van der Waals surface area contributed by atoms with Crippen LogP contribution in [0.5, 0.6) is 0 Å². The summed E-state index contributed by atoms with van der Waals surface area (Å²) in [6.45, 7) is 1.29. The average molecular weight is 203 g/mol. The number of carbonyl (C=O) groups is 1. The molecule has 5 N–H and O–H groups in total. The van der Waals surface area contributed by atoms with Gasteiger partial charge in [0.2, 0.25) is 5.91 Å². The maximum Gasteiger partial charge on any atom is 0.220 e. The average Bonchev–Trinajstić information content (AvgIpc) is 2.20. The SMILES string of the molecule is CNC(CO)CCC(=O)NCCCN. The van der Waals surface area contributed by atoms with Crippen LogP contribution < -0.4 is 16.4 Å². The lowest BCUT2D eigenvalue weighted by molar-refractivity contribution is -0.121. The largest absolute Gasteiger partial charge is 0.395 e. The van der Waals surface area contributed by atoms with Gasteiger partial charge in [0.1, 0.15) is 0 Å². The lowest BCUT2D eigenvalue weighted by atomic mass is 10.1. The highest BCUT2D eigenvalue weighted by molar-refractivity contribution is 5.75. The van der Waals surface area contributed by atoms with Crippen LogP contribution in [0.4, 0.5) is 0 Å². The molecule has 0 spiro atoms. The van der Waals surface area contributed by atoms with Gasteiger partial charge in [-0.1, -0.05) is 0 Å². The molecule has 0 rings (SSSR count). The van der Waals surface area contributed by atoms with Crippen molar-refractivity contribution in [2.45, 2.75) is 25.3 Å². The molecule has 0 saturated heterocycles. The maximum absolute atomic E-state index is 11.2. The van der Waals surface area contributed by atoms with E-state index in [1.807, 2.05) is 0 Å². The van der Waals surface area contributed by atoms with Crippen LogP contribution in [-0.2, 0) is 4.79 Å². The zero-order chi connectivity index (χ0) is 10.8. The van der Waals surface area contributed by atoms with Crippen molar-refractivity contribution < 1.29 is 9.90 Å². The van der Waals surface area contributed by atoms with Gasteiger partial charge < -0.3 is 21.5 Å². The summed E-state index contributed by atoms with van der Waals surface area (Å²) >= 11 is 0. The van der Waals surface area contributed by atoms with Crippen molar-refractivity contribution in [1.82, 2.24) is 10.6 Å². The number of hydrogen-bond donors (Lipinski definition) is 4. The minimum absolute atomic E-state index is 0.00950. The second-order valence-electron chi connectivity index (χ2n) is 3.20. The van der Waals surface area contributed by atoms with Crippen LogP contribution in [0.25, 0.3) is 0 Å². The number of rotatable bonds is 8. The van der Waals surface area contributed by atoms with E-state index >= 15 is 0 Å². The molecule has 0 aromatic rings. The number of nitrogens with one attached hydrogen (secondary N) is 2. The van der Waals surface area contributed by atoms with Crippen molar-refractivity contribution in [2.75, 3.05) is 26.7 Å². The van der Waals surface area contributed by atoms with E-state index in [1.54, 1.807) is 7.05 Å². The topological polar surface area (TPSA) is 87.4 Å². The number of carbonyl (C=O) groups excluding carboxylic acids is 1. The van der Waals surface area contributed by atoms with E-state index < -0.39 is 0 Å². The molecular weight excluding hydrogens is 182 g/mol. The number of aliphatic hydroxyl groups is 1. The molecular formula is C9H21N3O2. The summed E-state index contributed by atoms with van der Waals surface area (Å²) in [6, 6.07) is 0.00950. The Bertz CT molecular complexity index is 149. The molecule has 0 aromatic carbocycles. The molecule has 84 valence electrons. The normalized spacial score (nSPS) is 12.5. The maximum atomic E-state index is 11.2. The number of aliphatic hydroxyl groups excluding tert-OH is 1. The Balaban J connectivity index is 3.42. The van der Waals surface area contributed by atoms with E-state index in [1.165, 1.54) is 0 Å². The molecule has 1 amide bonds. The summed E-state index contributed by atoms with van der Waals surface area (Å²) in [6.07, 6.45) is 1.90. The molecule has 0 bridgehead atoms. The molecule has 0 radical (unpaired) electrons. The van der Waals surface area contributed by atoms with Crippen LogP contribution >= 0.6 is 0 Å². The van der Waals surface area contributed by atoms with E-state index in [2.05, 4.69) is 10.6 Å². The van der Waals surface area contributed by atoms with Crippen LogP contribution in [0, 0.1) is 0 Å². The van der Waals surface area contributed by atoms with Gasteiger partial charge in [-0.15, -0.1) is 0 Å². The fourth-order valence-corrected chi connectivity index (χ4v) is 1.05. The van der Waals surface area contributed by atoms with E-state index in [4.69, 9.17) is 10.8 Å². The highest BCUT2D eigenvalue weighted by Crippen LogP contribution is 1.95. The third-order valence-corrected chi connectivity index (χ3v) is 2.05. The summed E-state index contributed by atoms with van der Waals surface area (Å²) in [5.74, 6) is 0.0205. The van der Waals surface area contributed by atoms with E-state index in [-0.39, 0.29) is 18.6 Å². The van der Waals surface area contributed by atoms with Crippen LogP contribution in [0.2, 0.25) is 0 Å². The third-order valence-electron chi connectivity index (χ3n) is 2.05. The van der Waals surface area contributed by atoms with Gasteiger partial charge in [-0.2, -0.15) is 0 Å². The van der Waals surface area contributed by atoms with Gasteiger partial charge in [-0.05, 0) is 26.4 Å². The molecule has 5 heteroatoms. The highest BCUT2D eigenvalue weighted by Gasteiger charge is 2.07. The van der Waals surface area contributed by atoms with Gasteiger partial charge in [0, 0.05) is 19.0 Å². The first-order valence-corrected chi connectivity index (χ1v) is 4.99. The van der Waals surface area contributed by atoms with Crippen LogP contribution in [0.1, 0.15) is 19.3 Å². The summed E-state index contributed by atoms with van der Waals surface area (Å²) in [5, 5.41) is 14.5. The molecule has 5 nitrogen and oxygen atoms in total. The monoisotopic (exact) mass is 203 g/mol. The number of nitrogens with two attached hydrogens (primary N) is 1. The highest BCUT2D eigenvalue weighted by atomic mass is 16.3. The molecule has 0 saturated carbocycles. The summed E-state index contributed by atoms with van der Waals surface area (Å²) < 4.78 is 0. The number of amides is 1. The van der Waals surface area contributed by atoms with Crippen molar-refractivity contribution >= 4 is 5.91 Å². The van der Waals surface area contributed by atoms with Crippen molar-refractivity contribution in [2.24, 2.45) is 5.73 Å². The Labute approximate surface area is 85.1 Å². The van der Waals surface area contributed by atoms with E-state index in [9.17, 15) is 4.79 Å². The first-order valence-electron chi connectivity index (χ1n) is 4.99. The van der Waals surface area contributed by atoms with E-state index in [0.29, 0.717) is 25.9 Å². The lowest BCUT2D eigenvalue weighted by Crippen LogP contribution is -2.32. The van der Waals surface area contributed by atoms with Gasteiger partial charge in [0.15, 0.2) is 0 Å². The quantitative estimate of drug-likeness (QED) is 0.374. The Morgan fingerprint density at radius 2 is 2.29 bits per heavy atom. The van der Waals surface area contributed by atoms with Gasteiger partial charge in [0.05, 0.1) is 6.61 Å². The molecule has 0 fully saturated rings. The Morgan fingerprint density at radius 3 is 2.79 bits per heavy atom. The molecule has 0 aliphatic carbocycles. The van der Waals surface area contributed by atoms with Crippen LogP contribution in [0.3, 0.4) is 0 Å². The molecule has 1 atom stereocenters. The minimum atomic E-state index is 0.00950. The van der Waals surface area contributed by atoms with Crippen molar-refractivity contribution in [3.63, 3.8) is 0 Å². The second-order valence-corrected chi connectivity index (χ2v) is 3.20. The van der Waals surface area contributed by atoms with Crippen molar-refractivity contribution in [1.29, 1.82) is 0 Å². The van der Waals surface area contributed by atoms with Gasteiger partial charge >= 0.3 is 0 Å².